The van der Waals surface area contributed by atoms with Gasteiger partial charge in [-0.25, -0.2) is 0 Å². The molecule has 1 unspecified atom stereocenters. The van der Waals surface area contributed by atoms with Gasteiger partial charge >= 0.3 is 0 Å². The van der Waals surface area contributed by atoms with Crippen molar-refractivity contribution in [3.63, 3.8) is 0 Å². The molecule has 0 saturated heterocycles. The van der Waals surface area contributed by atoms with Crippen LogP contribution in [0.25, 0.3) is 0 Å². The quantitative estimate of drug-likeness (QED) is 0.627. The molecular weight excluding hydrogens is 192 g/mol. The first-order valence-corrected chi connectivity index (χ1v) is 6.52. The molecule has 0 fully saturated rings. The SMILES string of the molecule is CC(C)c1ccc2c(c1)CCC2C(C)(C)C. The lowest BCUT2D eigenvalue weighted by atomic mass is 9.77. The van der Waals surface area contributed by atoms with Crippen molar-refractivity contribution >= 4 is 0 Å². The molecule has 0 spiro atoms. The Bertz CT molecular complexity index is 380. The summed E-state index contributed by atoms with van der Waals surface area (Å²) in [7, 11) is 0. The van der Waals surface area contributed by atoms with Crippen LogP contribution in [0.3, 0.4) is 0 Å². The van der Waals surface area contributed by atoms with Gasteiger partial charge in [0.25, 0.3) is 0 Å². The van der Waals surface area contributed by atoms with Crippen LogP contribution >= 0.6 is 0 Å². The second kappa shape index (κ2) is 3.91. The van der Waals surface area contributed by atoms with Crippen molar-refractivity contribution < 1.29 is 0 Å². The fraction of sp³-hybridized carbons (Fsp3) is 0.625. The molecule has 0 saturated carbocycles. The van der Waals surface area contributed by atoms with Gasteiger partial charge in [-0.05, 0) is 46.8 Å². The average molecular weight is 216 g/mol. The summed E-state index contributed by atoms with van der Waals surface area (Å²) in [5.41, 5.74) is 5.11. The Balaban J connectivity index is 2.36. The summed E-state index contributed by atoms with van der Waals surface area (Å²) in [5.74, 6) is 1.41. The first-order chi connectivity index (χ1) is 7.39. The van der Waals surface area contributed by atoms with E-state index in [9.17, 15) is 0 Å². The van der Waals surface area contributed by atoms with E-state index in [1.807, 2.05) is 0 Å². The Morgan fingerprint density at radius 2 is 1.88 bits per heavy atom. The van der Waals surface area contributed by atoms with Gasteiger partial charge in [0.2, 0.25) is 0 Å². The number of hydrogen-bond donors (Lipinski definition) is 0. The lowest BCUT2D eigenvalue weighted by Crippen LogP contribution is -2.15. The maximum Gasteiger partial charge on any atom is -0.0107 e. The monoisotopic (exact) mass is 216 g/mol. The largest absolute Gasteiger partial charge is 0.0596 e. The fourth-order valence-corrected chi connectivity index (χ4v) is 2.90. The zero-order chi connectivity index (χ0) is 11.9. The van der Waals surface area contributed by atoms with Crippen LogP contribution in [0.2, 0.25) is 0 Å². The molecular formula is C16H24. The molecule has 0 aliphatic heterocycles. The van der Waals surface area contributed by atoms with Crippen LogP contribution in [0, 0.1) is 5.41 Å². The standard InChI is InChI=1S/C16H24/c1-11(2)12-6-8-14-13(10-12)7-9-15(14)16(3,4)5/h6,8,10-11,15H,7,9H2,1-5H3. The van der Waals surface area contributed by atoms with Gasteiger partial charge in [0.1, 0.15) is 0 Å². The van der Waals surface area contributed by atoms with E-state index in [0.717, 1.165) is 5.92 Å². The van der Waals surface area contributed by atoms with E-state index in [1.165, 1.54) is 18.4 Å². The molecule has 0 radical (unpaired) electrons. The third-order valence-electron chi connectivity index (χ3n) is 3.96. The fourth-order valence-electron chi connectivity index (χ4n) is 2.90. The summed E-state index contributed by atoms with van der Waals surface area (Å²) in [6.07, 6.45) is 2.61. The normalized spacial score (nSPS) is 20.2. The molecule has 1 aromatic rings. The van der Waals surface area contributed by atoms with Gasteiger partial charge in [0.05, 0.1) is 0 Å². The average Bonchev–Trinajstić information content (AvgIpc) is 2.58. The van der Waals surface area contributed by atoms with Gasteiger partial charge in [-0.2, -0.15) is 0 Å². The summed E-state index contributed by atoms with van der Waals surface area (Å²) in [5, 5.41) is 0. The maximum atomic E-state index is 2.44. The molecule has 0 aromatic heterocycles. The Morgan fingerprint density at radius 1 is 1.19 bits per heavy atom. The predicted molar refractivity (Wildman–Crippen MR) is 71.0 cm³/mol. The van der Waals surface area contributed by atoms with Crippen molar-refractivity contribution in [1.29, 1.82) is 0 Å². The Morgan fingerprint density at radius 3 is 2.44 bits per heavy atom. The van der Waals surface area contributed by atoms with E-state index in [-0.39, 0.29) is 0 Å². The highest BCUT2D eigenvalue weighted by atomic mass is 14.4. The van der Waals surface area contributed by atoms with E-state index in [4.69, 9.17) is 0 Å². The number of hydrogen-bond acceptors (Lipinski definition) is 0. The molecule has 0 bridgehead atoms. The van der Waals surface area contributed by atoms with Crippen LogP contribution < -0.4 is 0 Å². The topological polar surface area (TPSA) is 0 Å². The minimum atomic E-state index is 0.407. The van der Waals surface area contributed by atoms with Gasteiger partial charge in [-0.15, -0.1) is 0 Å². The number of fused-ring (bicyclic) bond motifs is 1. The first kappa shape index (κ1) is 11.7. The molecule has 0 N–H and O–H groups in total. The highest BCUT2D eigenvalue weighted by Gasteiger charge is 2.32. The van der Waals surface area contributed by atoms with E-state index >= 15 is 0 Å². The van der Waals surface area contributed by atoms with Gasteiger partial charge in [-0.1, -0.05) is 52.8 Å². The Kier molecular flexibility index (Phi) is 2.86. The number of aryl methyl sites for hydroxylation is 1. The molecule has 88 valence electrons. The van der Waals surface area contributed by atoms with E-state index in [2.05, 4.69) is 52.8 Å². The van der Waals surface area contributed by atoms with Crippen LogP contribution in [-0.2, 0) is 6.42 Å². The van der Waals surface area contributed by atoms with E-state index < -0.39 is 0 Å². The molecule has 2 rings (SSSR count). The maximum absolute atomic E-state index is 2.44. The smallest absolute Gasteiger partial charge is 0.0107 e. The zero-order valence-electron chi connectivity index (χ0n) is 11.3. The van der Waals surface area contributed by atoms with Crippen LogP contribution in [0.1, 0.15) is 69.6 Å². The molecule has 1 aliphatic carbocycles. The van der Waals surface area contributed by atoms with Crippen LogP contribution in [0.15, 0.2) is 18.2 Å². The third kappa shape index (κ3) is 2.03. The van der Waals surface area contributed by atoms with Crippen molar-refractivity contribution in [2.45, 2.75) is 59.3 Å². The minimum Gasteiger partial charge on any atom is -0.0596 e. The van der Waals surface area contributed by atoms with Gasteiger partial charge in [0.15, 0.2) is 0 Å². The van der Waals surface area contributed by atoms with Crippen molar-refractivity contribution in [3.8, 4) is 0 Å². The summed E-state index contributed by atoms with van der Waals surface area (Å²) in [6.45, 7) is 11.6. The molecule has 0 nitrogen and oxygen atoms in total. The number of rotatable bonds is 1. The van der Waals surface area contributed by atoms with Gasteiger partial charge < -0.3 is 0 Å². The molecule has 0 heterocycles. The summed E-state index contributed by atoms with van der Waals surface area (Å²) in [4.78, 5) is 0. The van der Waals surface area contributed by atoms with Gasteiger partial charge in [-0.3, -0.25) is 0 Å². The van der Waals surface area contributed by atoms with Gasteiger partial charge in [0, 0.05) is 0 Å². The van der Waals surface area contributed by atoms with Crippen molar-refractivity contribution in [1.82, 2.24) is 0 Å². The second-order valence-corrected chi connectivity index (χ2v) is 6.57. The van der Waals surface area contributed by atoms with Crippen LogP contribution in [0.4, 0.5) is 0 Å². The predicted octanol–water partition coefficient (Wildman–Crippen LogP) is 4.89. The van der Waals surface area contributed by atoms with Crippen molar-refractivity contribution in [2.24, 2.45) is 5.41 Å². The molecule has 1 atom stereocenters. The van der Waals surface area contributed by atoms with Crippen LogP contribution in [0.5, 0.6) is 0 Å². The minimum absolute atomic E-state index is 0.407. The molecule has 0 heteroatoms. The Labute approximate surface area is 100 Å². The van der Waals surface area contributed by atoms with E-state index in [1.54, 1.807) is 11.1 Å². The summed E-state index contributed by atoms with van der Waals surface area (Å²) < 4.78 is 0. The summed E-state index contributed by atoms with van der Waals surface area (Å²) in [6, 6.07) is 7.15. The summed E-state index contributed by atoms with van der Waals surface area (Å²) >= 11 is 0. The Hall–Kier alpha value is -0.780. The van der Waals surface area contributed by atoms with E-state index in [0.29, 0.717) is 11.3 Å². The molecule has 0 amide bonds. The highest BCUT2D eigenvalue weighted by molar-refractivity contribution is 5.40. The lowest BCUT2D eigenvalue weighted by molar-refractivity contribution is 0.319. The van der Waals surface area contributed by atoms with Crippen molar-refractivity contribution in [2.75, 3.05) is 0 Å². The molecule has 1 aliphatic rings. The number of benzene rings is 1. The molecule has 1 aromatic carbocycles. The van der Waals surface area contributed by atoms with Crippen LogP contribution in [-0.4, -0.2) is 0 Å². The zero-order valence-corrected chi connectivity index (χ0v) is 11.3. The highest BCUT2D eigenvalue weighted by Crippen LogP contribution is 2.45. The molecule has 16 heavy (non-hydrogen) atoms. The third-order valence-corrected chi connectivity index (χ3v) is 3.96. The first-order valence-electron chi connectivity index (χ1n) is 6.52. The second-order valence-electron chi connectivity index (χ2n) is 6.57. The lowest BCUT2D eigenvalue weighted by Gasteiger charge is -2.28. The van der Waals surface area contributed by atoms with Crippen molar-refractivity contribution in [3.05, 3.63) is 34.9 Å².